The number of piperazine rings is 1. The second-order valence-electron chi connectivity index (χ2n) is 5.43. The molecule has 1 aliphatic heterocycles. The Bertz CT molecular complexity index is 521. The number of carbonyl (C=O) groups is 2. The summed E-state index contributed by atoms with van der Waals surface area (Å²) < 4.78 is 0. The second kappa shape index (κ2) is 8.56. The zero-order chi connectivity index (χ0) is 16.7. The SMILES string of the molecule is O=C(CC1C(=O)NCCN1Cc1ccccn1)NC(CO)CO. The molecule has 0 aliphatic carbocycles. The van der Waals surface area contributed by atoms with Gasteiger partial charge in [-0.15, -0.1) is 0 Å². The maximum Gasteiger partial charge on any atom is 0.237 e. The van der Waals surface area contributed by atoms with E-state index < -0.39 is 12.1 Å². The van der Waals surface area contributed by atoms with E-state index in [4.69, 9.17) is 10.2 Å². The normalized spacial score (nSPS) is 18.7. The number of rotatable bonds is 7. The van der Waals surface area contributed by atoms with E-state index in [2.05, 4.69) is 15.6 Å². The number of pyridine rings is 1. The Morgan fingerprint density at radius 2 is 2.22 bits per heavy atom. The molecule has 0 spiro atoms. The van der Waals surface area contributed by atoms with Gasteiger partial charge < -0.3 is 20.8 Å². The first-order valence-electron chi connectivity index (χ1n) is 7.56. The molecule has 0 saturated carbocycles. The van der Waals surface area contributed by atoms with Crippen LogP contribution in [0.2, 0.25) is 0 Å². The van der Waals surface area contributed by atoms with E-state index in [9.17, 15) is 9.59 Å². The van der Waals surface area contributed by atoms with Crippen molar-refractivity contribution >= 4 is 11.8 Å². The van der Waals surface area contributed by atoms with Crippen LogP contribution in [0.4, 0.5) is 0 Å². The largest absolute Gasteiger partial charge is 0.394 e. The molecule has 1 saturated heterocycles. The summed E-state index contributed by atoms with van der Waals surface area (Å²) in [5.74, 6) is -0.585. The molecule has 0 bridgehead atoms. The van der Waals surface area contributed by atoms with Gasteiger partial charge in [0.1, 0.15) is 0 Å². The van der Waals surface area contributed by atoms with E-state index in [1.807, 2.05) is 23.1 Å². The number of nitrogens with zero attached hydrogens (tertiary/aromatic N) is 2. The minimum atomic E-state index is -0.710. The predicted molar refractivity (Wildman–Crippen MR) is 82.2 cm³/mol. The molecule has 8 nitrogen and oxygen atoms in total. The fourth-order valence-corrected chi connectivity index (χ4v) is 2.48. The standard InChI is InChI=1S/C15H22N4O4/c20-9-12(10-21)18-14(22)7-13-15(23)17-5-6-19(13)8-11-3-1-2-4-16-11/h1-4,12-13,20-21H,5-10H2,(H,17,23)(H,18,22). The number of aliphatic hydroxyl groups excluding tert-OH is 2. The van der Waals surface area contributed by atoms with Crippen LogP contribution in [0, 0.1) is 0 Å². The van der Waals surface area contributed by atoms with Gasteiger partial charge >= 0.3 is 0 Å². The lowest BCUT2D eigenvalue weighted by atomic mass is 10.1. The van der Waals surface area contributed by atoms with Crippen LogP contribution in [0.25, 0.3) is 0 Å². The second-order valence-corrected chi connectivity index (χ2v) is 5.43. The zero-order valence-electron chi connectivity index (χ0n) is 12.8. The highest BCUT2D eigenvalue weighted by Crippen LogP contribution is 2.12. The number of aliphatic hydroxyl groups is 2. The lowest BCUT2D eigenvalue weighted by Gasteiger charge is -2.34. The summed E-state index contributed by atoms with van der Waals surface area (Å²) in [6, 6.07) is 4.27. The van der Waals surface area contributed by atoms with Crippen molar-refractivity contribution in [2.75, 3.05) is 26.3 Å². The molecule has 2 amide bonds. The molecule has 1 aliphatic rings. The predicted octanol–water partition coefficient (Wildman–Crippen LogP) is -1.76. The highest BCUT2D eigenvalue weighted by Gasteiger charge is 2.32. The van der Waals surface area contributed by atoms with Crippen LogP contribution in [-0.4, -0.2) is 70.3 Å². The number of aromatic nitrogens is 1. The van der Waals surface area contributed by atoms with Gasteiger partial charge in [-0.3, -0.25) is 19.5 Å². The summed E-state index contributed by atoms with van der Waals surface area (Å²) in [5, 5.41) is 23.3. The summed E-state index contributed by atoms with van der Waals surface area (Å²) in [5.41, 5.74) is 0.830. The van der Waals surface area contributed by atoms with E-state index in [0.717, 1.165) is 5.69 Å². The molecule has 2 heterocycles. The summed E-state index contributed by atoms with van der Waals surface area (Å²) >= 11 is 0. The fourth-order valence-electron chi connectivity index (χ4n) is 2.48. The molecule has 1 aromatic rings. The molecule has 1 atom stereocenters. The van der Waals surface area contributed by atoms with Gasteiger partial charge in [-0.2, -0.15) is 0 Å². The van der Waals surface area contributed by atoms with Crippen LogP contribution >= 0.6 is 0 Å². The van der Waals surface area contributed by atoms with Gasteiger partial charge in [0, 0.05) is 25.8 Å². The van der Waals surface area contributed by atoms with Crippen molar-refractivity contribution in [3.05, 3.63) is 30.1 Å². The number of carbonyl (C=O) groups excluding carboxylic acids is 2. The molecule has 8 heteroatoms. The topological polar surface area (TPSA) is 115 Å². The maximum atomic E-state index is 12.1. The van der Waals surface area contributed by atoms with Crippen molar-refractivity contribution in [2.45, 2.75) is 25.0 Å². The quantitative estimate of drug-likeness (QED) is 0.473. The van der Waals surface area contributed by atoms with Crippen LogP contribution in [0.3, 0.4) is 0 Å². The van der Waals surface area contributed by atoms with Crippen LogP contribution < -0.4 is 10.6 Å². The molecule has 4 N–H and O–H groups in total. The Hall–Kier alpha value is -2.03. The van der Waals surface area contributed by atoms with E-state index in [1.54, 1.807) is 6.20 Å². The lowest BCUT2D eigenvalue weighted by Crippen LogP contribution is -2.56. The Labute approximate surface area is 134 Å². The van der Waals surface area contributed by atoms with Crippen molar-refractivity contribution in [1.82, 2.24) is 20.5 Å². The summed E-state index contributed by atoms with van der Waals surface area (Å²) in [4.78, 5) is 30.3. The Kier molecular flexibility index (Phi) is 6.45. The third-order valence-electron chi connectivity index (χ3n) is 3.72. The maximum absolute atomic E-state index is 12.1. The van der Waals surface area contributed by atoms with Crippen molar-refractivity contribution in [3.8, 4) is 0 Å². The van der Waals surface area contributed by atoms with Gasteiger partial charge in [0.2, 0.25) is 11.8 Å². The Morgan fingerprint density at radius 3 is 2.87 bits per heavy atom. The highest BCUT2D eigenvalue weighted by atomic mass is 16.3. The number of amides is 2. The molecule has 1 fully saturated rings. The van der Waals surface area contributed by atoms with Crippen molar-refractivity contribution in [2.24, 2.45) is 0 Å². The zero-order valence-corrected chi connectivity index (χ0v) is 12.8. The highest BCUT2D eigenvalue weighted by molar-refractivity contribution is 5.88. The third kappa shape index (κ3) is 4.98. The molecular formula is C15H22N4O4. The molecule has 1 aromatic heterocycles. The smallest absolute Gasteiger partial charge is 0.237 e. The lowest BCUT2D eigenvalue weighted by molar-refractivity contribution is -0.134. The fraction of sp³-hybridized carbons (Fsp3) is 0.533. The number of nitrogens with one attached hydrogen (secondary N) is 2. The van der Waals surface area contributed by atoms with Crippen molar-refractivity contribution in [1.29, 1.82) is 0 Å². The average molecular weight is 322 g/mol. The summed E-state index contributed by atoms with van der Waals surface area (Å²) in [7, 11) is 0. The Balaban J connectivity index is 2.00. The summed E-state index contributed by atoms with van der Waals surface area (Å²) in [6.07, 6.45) is 1.66. The van der Waals surface area contributed by atoms with Gasteiger partial charge in [0.25, 0.3) is 0 Å². The molecule has 126 valence electrons. The first-order valence-corrected chi connectivity index (χ1v) is 7.56. The van der Waals surface area contributed by atoms with Gasteiger partial charge in [-0.1, -0.05) is 6.07 Å². The van der Waals surface area contributed by atoms with Crippen LogP contribution in [-0.2, 0) is 16.1 Å². The third-order valence-corrected chi connectivity index (χ3v) is 3.72. The minimum absolute atomic E-state index is 0.0326. The van der Waals surface area contributed by atoms with Crippen LogP contribution in [0.15, 0.2) is 24.4 Å². The molecule has 1 unspecified atom stereocenters. The molecular weight excluding hydrogens is 300 g/mol. The van der Waals surface area contributed by atoms with Gasteiger partial charge in [0.15, 0.2) is 0 Å². The van der Waals surface area contributed by atoms with Gasteiger partial charge in [-0.05, 0) is 12.1 Å². The van der Waals surface area contributed by atoms with E-state index in [0.29, 0.717) is 19.6 Å². The Morgan fingerprint density at radius 1 is 1.43 bits per heavy atom. The van der Waals surface area contributed by atoms with E-state index in [-0.39, 0.29) is 31.4 Å². The van der Waals surface area contributed by atoms with E-state index in [1.165, 1.54) is 0 Å². The molecule has 23 heavy (non-hydrogen) atoms. The van der Waals surface area contributed by atoms with E-state index >= 15 is 0 Å². The van der Waals surface area contributed by atoms with Gasteiger partial charge in [0.05, 0.1) is 37.4 Å². The van der Waals surface area contributed by atoms with Crippen LogP contribution in [0.5, 0.6) is 0 Å². The number of hydrogen-bond acceptors (Lipinski definition) is 6. The first kappa shape index (κ1) is 17.3. The number of hydrogen-bond donors (Lipinski definition) is 4. The monoisotopic (exact) mass is 322 g/mol. The molecule has 2 rings (SSSR count). The van der Waals surface area contributed by atoms with Crippen LogP contribution in [0.1, 0.15) is 12.1 Å². The summed E-state index contributed by atoms with van der Waals surface area (Å²) in [6.45, 7) is 0.937. The first-order chi connectivity index (χ1) is 11.1. The van der Waals surface area contributed by atoms with Crippen molar-refractivity contribution in [3.63, 3.8) is 0 Å². The minimum Gasteiger partial charge on any atom is -0.394 e. The molecule has 0 radical (unpaired) electrons. The average Bonchev–Trinajstić information content (AvgIpc) is 2.57. The van der Waals surface area contributed by atoms with Crippen molar-refractivity contribution < 1.29 is 19.8 Å². The van der Waals surface area contributed by atoms with Gasteiger partial charge in [-0.25, -0.2) is 0 Å². The molecule has 0 aromatic carbocycles.